The topological polar surface area (TPSA) is 62.2 Å². The van der Waals surface area contributed by atoms with Gasteiger partial charge in [0.25, 0.3) is 0 Å². The van der Waals surface area contributed by atoms with Crippen molar-refractivity contribution in [1.29, 1.82) is 0 Å². The SMILES string of the molecule is CC(=CC(=O)N1CCOCC1)c1ccccc1OCC(O)CN1CCC(c2cccc3ccccc23)CC1. The van der Waals surface area contributed by atoms with Gasteiger partial charge in [-0.05, 0) is 66.7 Å². The molecule has 6 heteroatoms. The lowest BCUT2D eigenvalue weighted by Gasteiger charge is -2.33. The van der Waals surface area contributed by atoms with Gasteiger partial charge in [-0.2, -0.15) is 0 Å². The Morgan fingerprint density at radius 1 is 1.00 bits per heavy atom. The third kappa shape index (κ3) is 6.44. The molecule has 200 valence electrons. The number of morpholine rings is 1. The van der Waals surface area contributed by atoms with E-state index in [4.69, 9.17) is 9.47 Å². The van der Waals surface area contributed by atoms with Gasteiger partial charge in [-0.25, -0.2) is 0 Å². The van der Waals surface area contributed by atoms with Gasteiger partial charge in [-0.1, -0.05) is 60.7 Å². The Kier molecular flexibility index (Phi) is 8.74. The van der Waals surface area contributed by atoms with Crippen molar-refractivity contribution in [1.82, 2.24) is 9.80 Å². The molecule has 2 fully saturated rings. The van der Waals surface area contributed by atoms with E-state index in [2.05, 4.69) is 47.4 Å². The number of fused-ring (bicyclic) bond motifs is 1. The molecule has 2 saturated heterocycles. The van der Waals surface area contributed by atoms with E-state index in [1.165, 1.54) is 16.3 Å². The summed E-state index contributed by atoms with van der Waals surface area (Å²) in [7, 11) is 0. The number of ether oxygens (including phenoxy) is 2. The van der Waals surface area contributed by atoms with Gasteiger partial charge in [-0.15, -0.1) is 0 Å². The number of para-hydroxylation sites is 1. The van der Waals surface area contributed by atoms with Crippen LogP contribution in [0, 0.1) is 0 Å². The molecule has 2 aliphatic heterocycles. The number of piperidine rings is 1. The maximum Gasteiger partial charge on any atom is 0.247 e. The Bertz CT molecular complexity index is 1250. The molecule has 38 heavy (non-hydrogen) atoms. The second kappa shape index (κ2) is 12.6. The molecular weight excluding hydrogens is 476 g/mol. The molecule has 1 atom stereocenters. The molecule has 1 unspecified atom stereocenters. The summed E-state index contributed by atoms with van der Waals surface area (Å²) in [6.45, 7) is 7.06. The van der Waals surface area contributed by atoms with E-state index in [1.807, 2.05) is 36.1 Å². The first-order valence-corrected chi connectivity index (χ1v) is 13.7. The standard InChI is InChI=1S/C32H38N2O4/c1-24(21-32(36)34-17-19-37-20-18-34)28-9-4-5-12-31(28)38-23-27(35)22-33-15-13-26(14-16-33)30-11-6-8-25-7-2-3-10-29(25)30/h2-12,21,26-27,35H,13-20,22-23H2,1H3. The Balaban J connectivity index is 1.13. The lowest BCUT2D eigenvalue weighted by atomic mass is 9.86. The van der Waals surface area contributed by atoms with Crippen LogP contribution in [0.25, 0.3) is 16.3 Å². The number of likely N-dealkylation sites (tertiary alicyclic amines) is 1. The van der Waals surface area contributed by atoms with Crippen molar-refractivity contribution in [3.8, 4) is 5.75 Å². The first kappa shape index (κ1) is 26.4. The predicted molar refractivity (Wildman–Crippen MR) is 151 cm³/mol. The van der Waals surface area contributed by atoms with Crippen LogP contribution >= 0.6 is 0 Å². The summed E-state index contributed by atoms with van der Waals surface area (Å²) >= 11 is 0. The van der Waals surface area contributed by atoms with Gasteiger partial charge < -0.3 is 24.4 Å². The van der Waals surface area contributed by atoms with Crippen LogP contribution in [0.3, 0.4) is 0 Å². The minimum atomic E-state index is -0.587. The molecule has 0 aromatic heterocycles. The summed E-state index contributed by atoms with van der Waals surface area (Å²) in [6.07, 6.45) is 3.26. The third-order valence-electron chi connectivity index (χ3n) is 7.73. The molecule has 0 spiro atoms. The summed E-state index contributed by atoms with van der Waals surface area (Å²) in [5.41, 5.74) is 3.16. The summed E-state index contributed by atoms with van der Waals surface area (Å²) in [5, 5.41) is 13.4. The van der Waals surface area contributed by atoms with Gasteiger partial charge in [0.1, 0.15) is 18.5 Å². The fourth-order valence-electron chi connectivity index (χ4n) is 5.63. The number of carbonyl (C=O) groups excluding carboxylic acids is 1. The second-order valence-electron chi connectivity index (χ2n) is 10.4. The number of benzene rings is 3. The Morgan fingerprint density at radius 2 is 1.71 bits per heavy atom. The number of carbonyl (C=O) groups is 1. The van der Waals surface area contributed by atoms with Crippen molar-refractivity contribution < 1.29 is 19.4 Å². The minimum Gasteiger partial charge on any atom is -0.490 e. The van der Waals surface area contributed by atoms with Crippen LogP contribution in [0.5, 0.6) is 5.75 Å². The van der Waals surface area contributed by atoms with Crippen molar-refractivity contribution in [3.63, 3.8) is 0 Å². The second-order valence-corrected chi connectivity index (χ2v) is 10.4. The third-order valence-corrected chi connectivity index (χ3v) is 7.73. The Hall–Kier alpha value is -3.19. The van der Waals surface area contributed by atoms with Crippen LogP contribution < -0.4 is 4.74 Å². The van der Waals surface area contributed by atoms with E-state index in [1.54, 1.807) is 6.08 Å². The summed E-state index contributed by atoms with van der Waals surface area (Å²) in [6, 6.07) is 23.0. The molecule has 2 heterocycles. The zero-order chi connectivity index (χ0) is 26.3. The lowest BCUT2D eigenvalue weighted by molar-refractivity contribution is -0.129. The molecular formula is C32H38N2O4. The van der Waals surface area contributed by atoms with Crippen LogP contribution in [0.15, 0.2) is 72.8 Å². The van der Waals surface area contributed by atoms with Crippen molar-refractivity contribution >= 4 is 22.3 Å². The maximum atomic E-state index is 12.7. The van der Waals surface area contributed by atoms with E-state index in [0.29, 0.717) is 44.5 Å². The number of hydrogen-bond acceptors (Lipinski definition) is 5. The zero-order valence-corrected chi connectivity index (χ0v) is 22.2. The van der Waals surface area contributed by atoms with Gasteiger partial charge in [0.2, 0.25) is 5.91 Å². The van der Waals surface area contributed by atoms with Gasteiger partial charge in [-0.3, -0.25) is 4.79 Å². The van der Waals surface area contributed by atoms with Gasteiger partial charge in [0.15, 0.2) is 0 Å². The highest BCUT2D eigenvalue weighted by atomic mass is 16.5. The van der Waals surface area contributed by atoms with Gasteiger partial charge in [0, 0.05) is 31.3 Å². The van der Waals surface area contributed by atoms with Crippen molar-refractivity contribution in [2.75, 3.05) is 52.5 Å². The quantitative estimate of drug-likeness (QED) is 0.441. The number of aliphatic hydroxyl groups excluding tert-OH is 1. The highest BCUT2D eigenvalue weighted by Gasteiger charge is 2.24. The van der Waals surface area contributed by atoms with Gasteiger partial charge >= 0.3 is 0 Å². The van der Waals surface area contributed by atoms with Crippen LogP contribution in [-0.2, 0) is 9.53 Å². The molecule has 3 aromatic rings. The molecule has 0 aliphatic carbocycles. The molecule has 0 radical (unpaired) electrons. The maximum absolute atomic E-state index is 12.7. The largest absolute Gasteiger partial charge is 0.490 e. The average Bonchev–Trinajstić information content (AvgIpc) is 2.97. The van der Waals surface area contributed by atoms with Crippen molar-refractivity contribution in [3.05, 3.63) is 83.9 Å². The normalized spacial score (nSPS) is 18.5. The van der Waals surface area contributed by atoms with E-state index < -0.39 is 6.10 Å². The highest BCUT2D eigenvalue weighted by molar-refractivity contribution is 5.95. The van der Waals surface area contributed by atoms with E-state index >= 15 is 0 Å². The van der Waals surface area contributed by atoms with Crippen molar-refractivity contribution in [2.45, 2.75) is 31.8 Å². The molecule has 3 aromatic carbocycles. The molecule has 5 rings (SSSR count). The monoisotopic (exact) mass is 514 g/mol. The molecule has 1 N–H and O–H groups in total. The number of aliphatic hydroxyl groups is 1. The van der Waals surface area contributed by atoms with Crippen LogP contribution in [0.4, 0.5) is 0 Å². The molecule has 0 saturated carbocycles. The first-order valence-electron chi connectivity index (χ1n) is 13.7. The fourth-order valence-corrected chi connectivity index (χ4v) is 5.63. The average molecular weight is 515 g/mol. The number of hydrogen-bond donors (Lipinski definition) is 1. The number of rotatable bonds is 8. The summed E-state index contributed by atoms with van der Waals surface area (Å²) in [5.74, 6) is 1.23. The van der Waals surface area contributed by atoms with Crippen molar-refractivity contribution in [2.24, 2.45) is 0 Å². The number of β-amino-alcohol motifs (C(OH)–C–C–N with tert-alkyl or cyclic N) is 1. The number of amides is 1. The Labute approximate surface area is 225 Å². The Morgan fingerprint density at radius 3 is 2.53 bits per heavy atom. The summed E-state index contributed by atoms with van der Waals surface area (Å²) in [4.78, 5) is 16.8. The predicted octanol–water partition coefficient (Wildman–Crippen LogP) is 4.72. The smallest absolute Gasteiger partial charge is 0.247 e. The minimum absolute atomic E-state index is 0.00691. The van der Waals surface area contributed by atoms with Crippen LogP contribution in [0.2, 0.25) is 0 Å². The molecule has 2 aliphatic rings. The van der Waals surface area contributed by atoms with E-state index in [9.17, 15) is 9.90 Å². The first-order chi connectivity index (χ1) is 18.6. The summed E-state index contributed by atoms with van der Waals surface area (Å²) < 4.78 is 11.4. The lowest BCUT2D eigenvalue weighted by Crippen LogP contribution is -2.40. The zero-order valence-electron chi connectivity index (χ0n) is 22.2. The van der Waals surface area contributed by atoms with Crippen LogP contribution in [-0.4, -0.2) is 79.5 Å². The molecule has 6 nitrogen and oxygen atoms in total. The van der Waals surface area contributed by atoms with E-state index in [-0.39, 0.29) is 12.5 Å². The van der Waals surface area contributed by atoms with E-state index in [0.717, 1.165) is 37.1 Å². The van der Waals surface area contributed by atoms with Gasteiger partial charge in [0.05, 0.1) is 13.2 Å². The highest BCUT2D eigenvalue weighted by Crippen LogP contribution is 2.33. The number of nitrogens with zero attached hydrogens (tertiary/aromatic N) is 2. The fraction of sp³-hybridized carbons (Fsp3) is 0.406. The van der Waals surface area contributed by atoms with Crippen LogP contribution in [0.1, 0.15) is 36.8 Å². The molecule has 0 bridgehead atoms. The number of allylic oxidation sites excluding steroid dienone is 1. The molecule has 1 amide bonds.